The minimum absolute atomic E-state index is 0.129. The van der Waals surface area contributed by atoms with Crippen molar-refractivity contribution in [2.45, 2.75) is 19.5 Å². The molecule has 0 radical (unpaired) electrons. The Balaban J connectivity index is 1.84. The second kappa shape index (κ2) is 8.80. The van der Waals surface area contributed by atoms with Gasteiger partial charge in [0.05, 0.1) is 0 Å². The van der Waals surface area contributed by atoms with E-state index in [0.717, 1.165) is 31.7 Å². The number of nitrogens with zero attached hydrogens (tertiary/aromatic N) is 2. The van der Waals surface area contributed by atoms with Crippen molar-refractivity contribution in [3.63, 3.8) is 0 Å². The van der Waals surface area contributed by atoms with Crippen LogP contribution in [0.3, 0.4) is 0 Å². The largest absolute Gasteiger partial charge is 0.300 e. The molecule has 0 spiro atoms. The lowest BCUT2D eigenvalue weighted by molar-refractivity contribution is 0.0704. The number of hydrazine groups is 1. The molecule has 1 unspecified atom stereocenters. The van der Waals surface area contributed by atoms with Crippen LogP contribution in [0.5, 0.6) is 0 Å². The average Bonchev–Trinajstić information content (AvgIpc) is 2.69. The molecule has 0 aromatic heterocycles. The first-order valence-corrected chi connectivity index (χ1v) is 9.41. The van der Waals surface area contributed by atoms with Crippen LogP contribution < -0.4 is 11.3 Å². The lowest BCUT2D eigenvalue weighted by Gasteiger charge is -2.41. The molecule has 0 bridgehead atoms. The molecular weight excluding hydrogens is 367 g/mol. The number of likely N-dealkylation sites (N-methyl/N-ethyl adjacent to an activating group) is 1. The maximum atomic E-state index is 14.6. The maximum Gasteiger partial charge on any atom is 0.265 e. The number of nitrogens with one attached hydrogen (secondary N) is 1. The van der Waals surface area contributed by atoms with E-state index in [-0.39, 0.29) is 11.6 Å². The third-order valence-corrected chi connectivity index (χ3v) is 5.31. The third kappa shape index (κ3) is 4.65. The van der Waals surface area contributed by atoms with E-state index >= 15 is 0 Å². The molecular formula is C20H24ClFN4O. The molecule has 0 aliphatic carbocycles. The van der Waals surface area contributed by atoms with Crippen LogP contribution in [0.4, 0.5) is 4.39 Å². The molecule has 1 aliphatic heterocycles. The lowest BCUT2D eigenvalue weighted by atomic mass is 10.0. The Bertz CT molecular complexity index is 816. The van der Waals surface area contributed by atoms with Crippen molar-refractivity contribution >= 4 is 17.5 Å². The first kappa shape index (κ1) is 19.8. The van der Waals surface area contributed by atoms with Crippen molar-refractivity contribution in [2.24, 2.45) is 5.84 Å². The first-order chi connectivity index (χ1) is 13.0. The fraction of sp³-hybridized carbons (Fsp3) is 0.350. The maximum absolute atomic E-state index is 14.6. The standard InChI is InChI=1S/C20H24ClFN4O/c1-2-25-8-9-26(19(13-25)14-4-3-5-17(21)10-14)12-16-7-6-15(11-18(16)22)20(27)24-23/h3-7,10-11,19H,2,8-9,12-13,23H2,1H3,(H,24,27). The summed E-state index contributed by atoms with van der Waals surface area (Å²) in [6.45, 7) is 6.21. The molecule has 144 valence electrons. The number of nitrogen functional groups attached to an aromatic ring is 1. The number of piperazine rings is 1. The number of nitrogens with two attached hydrogens (primary N) is 1. The minimum Gasteiger partial charge on any atom is -0.300 e. The number of rotatable bonds is 5. The van der Waals surface area contributed by atoms with Crippen LogP contribution in [-0.2, 0) is 6.54 Å². The molecule has 1 fully saturated rings. The van der Waals surface area contributed by atoms with E-state index in [0.29, 0.717) is 17.1 Å². The van der Waals surface area contributed by atoms with E-state index in [1.165, 1.54) is 6.07 Å². The molecule has 1 heterocycles. The summed E-state index contributed by atoms with van der Waals surface area (Å²) in [5, 5.41) is 0.699. The topological polar surface area (TPSA) is 61.6 Å². The normalized spacial score (nSPS) is 18.4. The Kier molecular flexibility index (Phi) is 6.44. The monoisotopic (exact) mass is 390 g/mol. The van der Waals surface area contributed by atoms with Crippen LogP contribution in [0.2, 0.25) is 5.02 Å². The highest BCUT2D eigenvalue weighted by Crippen LogP contribution is 2.29. The number of halogens is 2. The summed E-state index contributed by atoms with van der Waals surface area (Å²) in [6, 6.07) is 12.5. The van der Waals surface area contributed by atoms with E-state index in [2.05, 4.69) is 22.8 Å². The van der Waals surface area contributed by atoms with E-state index in [4.69, 9.17) is 17.4 Å². The van der Waals surface area contributed by atoms with E-state index in [1.807, 2.05) is 23.6 Å². The third-order valence-electron chi connectivity index (χ3n) is 5.08. The molecule has 3 rings (SSSR count). The van der Waals surface area contributed by atoms with Crippen LogP contribution in [0.1, 0.15) is 34.5 Å². The predicted molar refractivity (Wildman–Crippen MR) is 105 cm³/mol. The Morgan fingerprint density at radius 2 is 2.11 bits per heavy atom. The van der Waals surface area contributed by atoms with Crippen molar-refractivity contribution in [1.82, 2.24) is 15.2 Å². The van der Waals surface area contributed by atoms with Gasteiger partial charge in [-0.15, -0.1) is 0 Å². The number of carbonyl (C=O) groups is 1. The second-order valence-electron chi connectivity index (χ2n) is 6.71. The van der Waals surface area contributed by atoms with Crippen LogP contribution in [0.15, 0.2) is 42.5 Å². The Labute approximate surface area is 163 Å². The summed E-state index contributed by atoms with van der Waals surface area (Å²) in [5.41, 5.74) is 3.91. The molecule has 27 heavy (non-hydrogen) atoms. The summed E-state index contributed by atoms with van der Waals surface area (Å²) >= 11 is 6.19. The SMILES string of the molecule is CCN1CCN(Cc2ccc(C(=O)NN)cc2F)C(c2cccc(Cl)c2)C1. The van der Waals surface area contributed by atoms with Crippen molar-refractivity contribution < 1.29 is 9.18 Å². The number of hydrogen-bond donors (Lipinski definition) is 2. The van der Waals surface area contributed by atoms with Crippen LogP contribution >= 0.6 is 11.6 Å². The number of benzene rings is 2. The average molecular weight is 391 g/mol. The quantitative estimate of drug-likeness (QED) is 0.468. The van der Waals surface area contributed by atoms with Crippen molar-refractivity contribution in [3.8, 4) is 0 Å². The lowest BCUT2D eigenvalue weighted by Crippen LogP contribution is -2.47. The van der Waals surface area contributed by atoms with E-state index in [1.54, 1.807) is 12.1 Å². The van der Waals surface area contributed by atoms with Crippen LogP contribution in [0, 0.1) is 5.82 Å². The van der Waals surface area contributed by atoms with Crippen molar-refractivity contribution in [1.29, 1.82) is 0 Å². The number of amides is 1. The molecule has 1 atom stereocenters. The van der Waals surface area contributed by atoms with Gasteiger partial charge in [-0.2, -0.15) is 0 Å². The van der Waals surface area contributed by atoms with Gasteiger partial charge < -0.3 is 4.90 Å². The summed E-state index contributed by atoms with van der Waals surface area (Å²) in [5.74, 6) is 4.21. The second-order valence-corrected chi connectivity index (χ2v) is 7.15. The molecule has 1 amide bonds. The highest BCUT2D eigenvalue weighted by molar-refractivity contribution is 6.30. The van der Waals surface area contributed by atoms with Gasteiger partial charge in [0.1, 0.15) is 5.82 Å². The molecule has 1 saturated heterocycles. The molecule has 3 N–H and O–H groups in total. The first-order valence-electron chi connectivity index (χ1n) is 9.03. The summed E-state index contributed by atoms with van der Waals surface area (Å²) < 4.78 is 14.6. The summed E-state index contributed by atoms with van der Waals surface area (Å²) in [4.78, 5) is 16.2. The zero-order valence-corrected chi connectivity index (χ0v) is 16.0. The summed E-state index contributed by atoms with van der Waals surface area (Å²) in [7, 11) is 0. The smallest absolute Gasteiger partial charge is 0.265 e. The Hall–Kier alpha value is -1.99. The number of hydrogen-bond acceptors (Lipinski definition) is 4. The molecule has 5 nitrogen and oxygen atoms in total. The van der Waals surface area contributed by atoms with Gasteiger partial charge >= 0.3 is 0 Å². The van der Waals surface area contributed by atoms with Gasteiger partial charge in [0, 0.05) is 48.4 Å². The van der Waals surface area contributed by atoms with Crippen LogP contribution in [-0.4, -0.2) is 41.9 Å². The van der Waals surface area contributed by atoms with Gasteiger partial charge in [0.15, 0.2) is 0 Å². The van der Waals surface area contributed by atoms with Gasteiger partial charge in [0.25, 0.3) is 5.91 Å². The van der Waals surface area contributed by atoms with Gasteiger partial charge in [-0.1, -0.05) is 36.7 Å². The predicted octanol–water partition coefficient (Wildman–Crippen LogP) is 2.96. The molecule has 1 aliphatic rings. The van der Waals surface area contributed by atoms with Gasteiger partial charge in [-0.05, 0) is 36.4 Å². The van der Waals surface area contributed by atoms with Gasteiger partial charge in [-0.25, -0.2) is 10.2 Å². The molecule has 0 saturated carbocycles. The Morgan fingerprint density at radius 1 is 1.30 bits per heavy atom. The van der Waals surface area contributed by atoms with Gasteiger partial charge in [-0.3, -0.25) is 15.1 Å². The Morgan fingerprint density at radius 3 is 2.78 bits per heavy atom. The fourth-order valence-electron chi connectivity index (χ4n) is 3.50. The van der Waals surface area contributed by atoms with Crippen molar-refractivity contribution in [3.05, 3.63) is 70.0 Å². The molecule has 7 heteroatoms. The molecule has 2 aromatic rings. The minimum atomic E-state index is -0.506. The highest BCUT2D eigenvalue weighted by Gasteiger charge is 2.28. The van der Waals surface area contributed by atoms with Crippen molar-refractivity contribution in [2.75, 3.05) is 26.2 Å². The zero-order chi connectivity index (χ0) is 19.4. The summed E-state index contributed by atoms with van der Waals surface area (Å²) in [6.07, 6.45) is 0. The number of carbonyl (C=O) groups excluding carboxylic acids is 1. The zero-order valence-electron chi connectivity index (χ0n) is 15.3. The highest BCUT2D eigenvalue weighted by atomic mass is 35.5. The molecule has 2 aromatic carbocycles. The van der Waals surface area contributed by atoms with Gasteiger partial charge in [0.2, 0.25) is 0 Å². The van der Waals surface area contributed by atoms with Crippen LogP contribution in [0.25, 0.3) is 0 Å². The van der Waals surface area contributed by atoms with E-state index < -0.39 is 11.7 Å². The van der Waals surface area contributed by atoms with E-state index in [9.17, 15) is 9.18 Å². The fourth-order valence-corrected chi connectivity index (χ4v) is 3.70.